The zero-order valence-corrected chi connectivity index (χ0v) is 7.92. The summed E-state index contributed by atoms with van der Waals surface area (Å²) in [5, 5.41) is 0. The Morgan fingerprint density at radius 2 is 2.12 bits per heavy atom. The van der Waals surface area contributed by atoms with Gasteiger partial charge in [0.2, 0.25) is 0 Å². The first kappa shape index (κ1) is 8.44. The minimum atomic E-state index is 0.909. The SMILES string of the molecule is C=C(Br)C=C(Br)CC. The maximum atomic E-state index is 3.65. The van der Waals surface area contributed by atoms with Gasteiger partial charge in [-0.25, -0.2) is 0 Å². The van der Waals surface area contributed by atoms with E-state index < -0.39 is 0 Å². The molecule has 0 atom stereocenters. The molecule has 0 aliphatic rings. The lowest BCUT2D eigenvalue weighted by molar-refractivity contribution is 1.21. The van der Waals surface area contributed by atoms with Crippen molar-refractivity contribution in [3.63, 3.8) is 0 Å². The maximum absolute atomic E-state index is 3.65. The van der Waals surface area contributed by atoms with Crippen molar-refractivity contribution in [3.8, 4) is 0 Å². The molecule has 0 amide bonds. The predicted molar refractivity (Wildman–Crippen MR) is 45.4 cm³/mol. The van der Waals surface area contributed by atoms with Gasteiger partial charge >= 0.3 is 0 Å². The van der Waals surface area contributed by atoms with Gasteiger partial charge in [-0.2, -0.15) is 0 Å². The average molecular weight is 240 g/mol. The zero-order chi connectivity index (χ0) is 6.57. The van der Waals surface area contributed by atoms with Crippen molar-refractivity contribution in [2.45, 2.75) is 13.3 Å². The van der Waals surface area contributed by atoms with Gasteiger partial charge in [0.15, 0.2) is 0 Å². The zero-order valence-electron chi connectivity index (χ0n) is 4.75. The van der Waals surface area contributed by atoms with Crippen molar-refractivity contribution in [2.24, 2.45) is 0 Å². The second-order valence-electron chi connectivity index (χ2n) is 1.39. The highest BCUT2D eigenvalue weighted by Crippen LogP contribution is 2.14. The molecule has 0 N–H and O–H groups in total. The van der Waals surface area contributed by atoms with E-state index in [1.54, 1.807) is 0 Å². The van der Waals surface area contributed by atoms with Crippen LogP contribution in [0.4, 0.5) is 0 Å². The lowest BCUT2D eigenvalue weighted by Gasteiger charge is -1.88. The van der Waals surface area contributed by atoms with Gasteiger partial charge in [-0.05, 0) is 17.0 Å². The van der Waals surface area contributed by atoms with Crippen molar-refractivity contribution in [3.05, 3.63) is 21.6 Å². The van der Waals surface area contributed by atoms with E-state index >= 15 is 0 Å². The summed E-state index contributed by atoms with van der Waals surface area (Å²) >= 11 is 6.56. The van der Waals surface area contributed by atoms with Crippen LogP contribution in [0.15, 0.2) is 21.6 Å². The number of halogens is 2. The van der Waals surface area contributed by atoms with Gasteiger partial charge in [0, 0.05) is 4.48 Å². The molecule has 0 saturated heterocycles. The Kier molecular flexibility index (Phi) is 4.57. The fourth-order valence-corrected chi connectivity index (χ4v) is 1.13. The number of hydrogen-bond acceptors (Lipinski definition) is 0. The summed E-state index contributed by atoms with van der Waals surface area (Å²) in [4.78, 5) is 0. The molecule has 0 rings (SSSR count). The normalized spacial score (nSPS) is 11.6. The molecule has 46 valence electrons. The molecule has 0 aromatic heterocycles. The fraction of sp³-hybridized carbons (Fsp3) is 0.333. The largest absolute Gasteiger partial charge is 0.0847 e. The summed E-state index contributed by atoms with van der Waals surface area (Å²) in [5.74, 6) is 0. The third-order valence-corrected chi connectivity index (χ3v) is 1.67. The van der Waals surface area contributed by atoms with Gasteiger partial charge in [0.25, 0.3) is 0 Å². The molecule has 0 aromatic carbocycles. The van der Waals surface area contributed by atoms with Gasteiger partial charge in [0.1, 0.15) is 0 Å². The van der Waals surface area contributed by atoms with Crippen LogP contribution in [0.3, 0.4) is 0 Å². The van der Waals surface area contributed by atoms with Gasteiger partial charge in [-0.15, -0.1) is 0 Å². The molecule has 2 heteroatoms. The molecule has 0 unspecified atom stereocenters. The van der Waals surface area contributed by atoms with E-state index in [0.717, 1.165) is 10.9 Å². The monoisotopic (exact) mass is 238 g/mol. The highest BCUT2D eigenvalue weighted by molar-refractivity contribution is 9.12. The first-order valence-corrected chi connectivity index (χ1v) is 3.96. The minimum absolute atomic E-state index is 0.909. The number of allylic oxidation sites excluding steroid dienone is 3. The standard InChI is InChI=1S/C6H8Br2/c1-3-6(8)4-5(2)7/h4H,2-3H2,1H3. The van der Waals surface area contributed by atoms with Crippen molar-refractivity contribution in [2.75, 3.05) is 0 Å². The van der Waals surface area contributed by atoms with Crippen LogP contribution in [0.2, 0.25) is 0 Å². The summed E-state index contributed by atoms with van der Waals surface area (Å²) in [6.07, 6.45) is 2.96. The second-order valence-corrected chi connectivity index (χ2v) is 3.43. The smallest absolute Gasteiger partial charge is 0.0111 e. The molecule has 0 saturated carbocycles. The van der Waals surface area contributed by atoms with Crippen LogP contribution in [0.5, 0.6) is 0 Å². The summed E-state index contributed by atoms with van der Waals surface area (Å²) in [6.45, 7) is 5.73. The summed E-state index contributed by atoms with van der Waals surface area (Å²) in [6, 6.07) is 0. The third-order valence-electron chi connectivity index (χ3n) is 0.651. The molecule has 0 aliphatic carbocycles. The topological polar surface area (TPSA) is 0 Å². The third kappa shape index (κ3) is 4.60. The number of hydrogen-bond donors (Lipinski definition) is 0. The molecule has 0 heterocycles. The van der Waals surface area contributed by atoms with E-state index in [1.807, 2.05) is 6.08 Å². The first-order valence-electron chi connectivity index (χ1n) is 2.37. The summed E-state index contributed by atoms with van der Waals surface area (Å²) in [7, 11) is 0. The highest BCUT2D eigenvalue weighted by Gasteiger charge is 1.84. The molecular formula is C6H8Br2. The molecule has 0 aromatic rings. The van der Waals surface area contributed by atoms with E-state index in [4.69, 9.17) is 0 Å². The van der Waals surface area contributed by atoms with Gasteiger partial charge < -0.3 is 0 Å². The van der Waals surface area contributed by atoms with E-state index in [-0.39, 0.29) is 0 Å². The molecule has 0 bridgehead atoms. The van der Waals surface area contributed by atoms with Gasteiger partial charge in [0.05, 0.1) is 0 Å². The van der Waals surface area contributed by atoms with E-state index in [9.17, 15) is 0 Å². The molecule has 0 nitrogen and oxygen atoms in total. The van der Waals surface area contributed by atoms with Gasteiger partial charge in [-0.1, -0.05) is 45.4 Å². The Balaban J connectivity index is 3.75. The summed E-state index contributed by atoms with van der Waals surface area (Å²) < 4.78 is 2.07. The van der Waals surface area contributed by atoms with Crippen LogP contribution in [0, 0.1) is 0 Å². The average Bonchev–Trinajstić information content (AvgIpc) is 1.65. The van der Waals surface area contributed by atoms with Crippen molar-refractivity contribution in [1.82, 2.24) is 0 Å². The van der Waals surface area contributed by atoms with Crippen molar-refractivity contribution < 1.29 is 0 Å². The van der Waals surface area contributed by atoms with Crippen LogP contribution in [0.1, 0.15) is 13.3 Å². The first-order chi connectivity index (χ1) is 3.66. The van der Waals surface area contributed by atoms with Crippen LogP contribution < -0.4 is 0 Å². The van der Waals surface area contributed by atoms with Crippen LogP contribution in [0.25, 0.3) is 0 Å². The molecule has 0 fully saturated rings. The van der Waals surface area contributed by atoms with Gasteiger partial charge in [-0.3, -0.25) is 0 Å². The molecular weight excluding hydrogens is 232 g/mol. The minimum Gasteiger partial charge on any atom is -0.0847 e. The van der Waals surface area contributed by atoms with E-state index in [0.29, 0.717) is 0 Å². The fourth-order valence-electron chi connectivity index (χ4n) is 0.272. The molecule has 0 radical (unpaired) electrons. The lowest BCUT2D eigenvalue weighted by Crippen LogP contribution is -1.63. The van der Waals surface area contributed by atoms with E-state index in [1.165, 1.54) is 4.48 Å². The quantitative estimate of drug-likeness (QED) is 0.647. The van der Waals surface area contributed by atoms with Crippen LogP contribution in [-0.4, -0.2) is 0 Å². The molecule has 8 heavy (non-hydrogen) atoms. The van der Waals surface area contributed by atoms with E-state index in [2.05, 4.69) is 45.4 Å². The Bertz CT molecular complexity index is 114. The molecule has 0 spiro atoms. The van der Waals surface area contributed by atoms with Crippen molar-refractivity contribution in [1.29, 1.82) is 0 Å². The Morgan fingerprint density at radius 1 is 1.62 bits per heavy atom. The summed E-state index contributed by atoms with van der Waals surface area (Å²) in [5.41, 5.74) is 0. The number of rotatable bonds is 2. The predicted octanol–water partition coefficient (Wildman–Crippen LogP) is 3.58. The van der Waals surface area contributed by atoms with Crippen LogP contribution >= 0.6 is 31.9 Å². The Labute approximate surface area is 66.9 Å². The second kappa shape index (κ2) is 4.33. The molecule has 0 aliphatic heterocycles. The maximum Gasteiger partial charge on any atom is 0.0111 e. The van der Waals surface area contributed by atoms with Crippen molar-refractivity contribution >= 4 is 31.9 Å². The Hall–Kier alpha value is 0.440. The Morgan fingerprint density at radius 3 is 2.25 bits per heavy atom. The van der Waals surface area contributed by atoms with Crippen LogP contribution in [-0.2, 0) is 0 Å². The highest BCUT2D eigenvalue weighted by atomic mass is 79.9. The lowest BCUT2D eigenvalue weighted by atomic mass is 10.4.